The standard InChI is InChI=1S/C10H8N2.2C7H5NO4/c1-3-7-11-9(5-1)10-6-2-4-8-12-10;2*9-7(10)5-1-3-6(4-2-5)8(11)12/h1-8H;2*1-4H,(H,9,10). The first kappa shape index (κ1) is 26.7. The maximum absolute atomic E-state index is 10.3. The van der Waals surface area contributed by atoms with Gasteiger partial charge in [0.2, 0.25) is 0 Å². The molecule has 2 heterocycles. The minimum atomic E-state index is -1.09. The number of non-ortho nitro benzene ring substituents is 2. The zero-order valence-corrected chi connectivity index (χ0v) is 18.4. The molecule has 0 unspecified atom stereocenters. The molecule has 0 radical (unpaired) electrons. The molecule has 36 heavy (non-hydrogen) atoms. The number of aromatic nitrogens is 2. The Morgan fingerprint density at radius 2 is 0.917 bits per heavy atom. The molecule has 4 rings (SSSR count). The highest BCUT2D eigenvalue weighted by molar-refractivity contribution is 5.88. The van der Waals surface area contributed by atoms with Crippen LogP contribution >= 0.6 is 0 Å². The second-order valence-corrected chi connectivity index (χ2v) is 6.65. The zero-order chi connectivity index (χ0) is 26.5. The molecule has 12 nitrogen and oxygen atoms in total. The maximum Gasteiger partial charge on any atom is 0.335 e. The van der Waals surface area contributed by atoms with E-state index in [2.05, 4.69) is 9.97 Å². The van der Waals surface area contributed by atoms with Gasteiger partial charge in [0.25, 0.3) is 11.4 Å². The molecule has 2 aromatic heterocycles. The SMILES string of the molecule is O=C(O)c1ccc([N+](=O)[O-])cc1.O=C(O)c1ccc([N+](=O)[O-])cc1.c1ccc(-c2ccccn2)nc1. The molecule has 0 bridgehead atoms. The molecule has 0 saturated heterocycles. The summed E-state index contributed by atoms with van der Waals surface area (Å²) in [5.41, 5.74) is 1.69. The van der Waals surface area contributed by atoms with E-state index >= 15 is 0 Å². The Morgan fingerprint density at radius 1 is 0.583 bits per heavy atom. The average molecular weight is 490 g/mol. The Hall–Kier alpha value is -5.52. The highest BCUT2D eigenvalue weighted by atomic mass is 16.6. The third-order valence-corrected chi connectivity index (χ3v) is 4.24. The Balaban J connectivity index is 0.000000190. The molecule has 0 aliphatic carbocycles. The summed E-state index contributed by atoms with van der Waals surface area (Å²) in [7, 11) is 0. The molecule has 0 spiro atoms. The number of aromatic carboxylic acids is 2. The molecule has 12 heteroatoms. The second kappa shape index (κ2) is 13.3. The summed E-state index contributed by atoms with van der Waals surface area (Å²) in [6.07, 6.45) is 3.54. The van der Waals surface area contributed by atoms with Crippen LogP contribution in [0.25, 0.3) is 11.4 Å². The second-order valence-electron chi connectivity index (χ2n) is 6.65. The summed E-state index contributed by atoms with van der Waals surface area (Å²) in [4.78, 5) is 48.1. The van der Waals surface area contributed by atoms with Gasteiger partial charge in [-0.1, -0.05) is 12.1 Å². The first-order chi connectivity index (χ1) is 17.2. The number of benzene rings is 2. The lowest BCUT2D eigenvalue weighted by Crippen LogP contribution is -1.96. The first-order valence-corrected chi connectivity index (χ1v) is 9.97. The van der Waals surface area contributed by atoms with Crippen LogP contribution in [0, 0.1) is 20.2 Å². The fourth-order valence-electron chi connectivity index (χ4n) is 2.48. The van der Waals surface area contributed by atoms with Crippen molar-refractivity contribution in [3.8, 4) is 11.4 Å². The number of hydrogen-bond acceptors (Lipinski definition) is 8. The number of nitro groups is 2. The summed E-state index contributed by atoms with van der Waals surface area (Å²) < 4.78 is 0. The number of carboxylic acids is 2. The van der Waals surface area contributed by atoms with Crippen LogP contribution in [0.2, 0.25) is 0 Å². The van der Waals surface area contributed by atoms with Gasteiger partial charge in [-0.15, -0.1) is 0 Å². The van der Waals surface area contributed by atoms with Crippen molar-refractivity contribution in [2.24, 2.45) is 0 Å². The van der Waals surface area contributed by atoms with E-state index in [1.165, 1.54) is 24.3 Å². The van der Waals surface area contributed by atoms with E-state index in [0.717, 1.165) is 35.7 Å². The van der Waals surface area contributed by atoms with Gasteiger partial charge < -0.3 is 10.2 Å². The van der Waals surface area contributed by atoms with Crippen LogP contribution < -0.4 is 0 Å². The molecular weight excluding hydrogens is 472 g/mol. The summed E-state index contributed by atoms with van der Waals surface area (Å²) in [5.74, 6) is -2.19. The van der Waals surface area contributed by atoms with E-state index in [9.17, 15) is 29.8 Å². The van der Waals surface area contributed by atoms with Crippen LogP contribution in [0.3, 0.4) is 0 Å². The third kappa shape index (κ3) is 8.44. The molecule has 0 saturated carbocycles. The van der Waals surface area contributed by atoms with Crippen molar-refractivity contribution >= 4 is 23.3 Å². The molecule has 0 aliphatic heterocycles. The van der Waals surface area contributed by atoms with Gasteiger partial charge in [0.1, 0.15) is 0 Å². The number of pyridine rings is 2. The summed E-state index contributed by atoms with van der Waals surface area (Å²) in [5, 5.41) is 37.2. The van der Waals surface area contributed by atoms with Crippen LogP contribution in [0.5, 0.6) is 0 Å². The fraction of sp³-hybridized carbons (Fsp3) is 0. The fourth-order valence-corrected chi connectivity index (χ4v) is 2.48. The lowest BCUT2D eigenvalue weighted by Gasteiger charge is -1.96. The minimum Gasteiger partial charge on any atom is -0.478 e. The summed E-state index contributed by atoms with van der Waals surface area (Å²) in [6, 6.07) is 21.0. The van der Waals surface area contributed by atoms with Gasteiger partial charge in [-0.2, -0.15) is 0 Å². The minimum absolute atomic E-state index is 0.0422. The van der Waals surface area contributed by atoms with Gasteiger partial charge in [0.05, 0.1) is 32.4 Å². The van der Waals surface area contributed by atoms with E-state index in [-0.39, 0.29) is 22.5 Å². The maximum atomic E-state index is 10.3. The Kier molecular flexibility index (Phi) is 9.84. The first-order valence-electron chi connectivity index (χ1n) is 9.97. The number of carboxylic acid groups (broad SMARTS) is 2. The lowest BCUT2D eigenvalue weighted by atomic mass is 10.2. The highest BCUT2D eigenvalue weighted by Gasteiger charge is 2.07. The van der Waals surface area contributed by atoms with E-state index in [1.54, 1.807) is 12.4 Å². The van der Waals surface area contributed by atoms with Crippen LogP contribution in [0.4, 0.5) is 11.4 Å². The predicted octanol–water partition coefficient (Wildman–Crippen LogP) is 4.73. The normalized spacial score (nSPS) is 9.44. The zero-order valence-electron chi connectivity index (χ0n) is 18.4. The van der Waals surface area contributed by atoms with Crippen molar-refractivity contribution in [3.63, 3.8) is 0 Å². The Bertz CT molecular complexity index is 1140. The molecule has 0 fully saturated rings. The predicted molar refractivity (Wildman–Crippen MR) is 128 cm³/mol. The van der Waals surface area contributed by atoms with Gasteiger partial charge in [0, 0.05) is 36.7 Å². The van der Waals surface area contributed by atoms with E-state index in [1.807, 2.05) is 36.4 Å². The number of nitro benzene ring substituents is 2. The molecule has 0 aliphatic rings. The monoisotopic (exact) mass is 490 g/mol. The summed E-state index contributed by atoms with van der Waals surface area (Å²) >= 11 is 0. The van der Waals surface area contributed by atoms with Crippen molar-refractivity contribution in [2.75, 3.05) is 0 Å². The number of rotatable bonds is 5. The van der Waals surface area contributed by atoms with Crippen molar-refractivity contribution in [1.29, 1.82) is 0 Å². The smallest absolute Gasteiger partial charge is 0.335 e. The van der Waals surface area contributed by atoms with Crippen molar-refractivity contribution in [2.45, 2.75) is 0 Å². The Labute approximate surface area is 203 Å². The lowest BCUT2D eigenvalue weighted by molar-refractivity contribution is -0.385. The van der Waals surface area contributed by atoms with Crippen molar-refractivity contribution < 1.29 is 29.6 Å². The number of hydrogen-bond donors (Lipinski definition) is 2. The van der Waals surface area contributed by atoms with Crippen LogP contribution in [-0.2, 0) is 0 Å². The molecule has 4 aromatic rings. The molecule has 2 N–H and O–H groups in total. The van der Waals surface area contributed by atoms with Crippen LogP contribution in [0.15, 0.2) is 97.3 Å². The van der Waals surface area contributed by atoms with Gasteiger partial charge in [0.15, 0.2) is 0 Å². The quantitative estimate of drug-likeness (QED) is 0.292. The molecule has 0 amide bonds. The van der Waals surface area contributed by atoms with Gasteiger partial charge in [-0.25, -0.2) is 9.59 Å². The molecule has 0 atom stereocenters. The topological polar surface area (TPSA) is 187 Å². The van der Waals surface area contributed by atoms with Gasteiger partial charge in [-0.3, -0.25) is 30.2 Å². The molecule has 2 aromatic carbocycles. The number of carbonyl (C=O) groups is 2. The van der Waals surface area contributed by atoms with E-state index < -0.39 is 21.8 Å². The van der Waals surface area contributed by atoms with E-state index in [0.29, 0.717) is 0 Å². The van der Waals surface area contributed by atoms with Gasteiger partial charge >= 0.3 is 11.9 Å². The average Bonchev–Trinajstić information content (AvgIpc) is 2.90. The van der Waals surface area contributed by atoms with Crippen molar-refractivity contribution in [1.82, 2.24) is 9.97 Å². The van der Waals surface area contributed by atoms with Gasteiger partial charge in [-0.05, 0) is 48.5 Å². The highest BCUT2D eigenvalue weighted by Crippen LogP contribution is 2.13. The molecular formula is C24H18N4O8. The number of nitrogens with zero attached hydrogens (tertiary/aromatic N) is 4. The largest absolute Gasteiger partial charge is 0.478 e. The third-order valence-electron chi connectivity index (χ3n) is 4.24. The summed E-state index contributed by atoms with van der Waals surface area (Å²) in [6.45, 7) is 0. The van der Waals surface area contributed by atoms with E-state index in [4.69, 9.17) is 10.2 Å². The van der Waals surface area contributed by atoms with Crippen LogP contribution in [0.1, 0.15) is 20.7 Å². The van der Waals surface area contributed by atoms with Crippen LogP contribution in [-0.4, -0.2) is 42.0 Å². The Morgan fingerprint density at radius 3 is 1.14 bits per heavy atom. The van der Waals surface area contributed by atoms with Crippen molar-refractivity contribution in [3.05, 3.63) is 129 Å². The molecule has 182 valence electrons.